The van der Waals surface area contributed by atoms with Crippen molar-refractivity contribution in [1.29, 1.82) is 0 Å². The smallest absolute Gasteiger partial charge is 0.0428 e. The van der Waals surface area contributed by atoms with Gasteiger partial charge in [0.25, 0.3) is 0 Å². The van der Waals surface area contributed by atoms with Crippen LogP contribution in [0.15, 0.2) is 57.8 Å². The van der Waals surface area contributed by atoms with Gasteiger partial charge in [-0.15, -0.1) is 0 Å². The predicted molar refractivity (Wildman–Crippen MR) is 76.4 cm³/mol. The summed E-state index contributed by atoms with van der Waals surface area (Å²) in [6, 6.07) is 15.1. The maximum absolute atomic E-state index is 5.80. The Kier molecular flexibility index (Phi) is 4.49. The summed E-state index contributed by atoms with van der Waals surface area (Å²) in [6.07, 6.45) is 1.80. The molecule has 0 amide bonds. The molecule has 2 aromatic rings. The summed E-state index contributed by atoms with van der Waals surface area (Å²) < 4.78 is 4.28. The molecule has 0 saturated heterocycles. The molecular formula is C13H9Cl2NS. The minimum Gasteiger partial charge on any atom is -0.219 e. The van der Waals surface area contributed by atoms with E-state index in [-0.39, 0.29) is 0 Å². The monoisotopic (exact) mass is 281 g/mol. The molecule has 0 aliphatic rings. The number of nitrogens with zero attached hydrogens (tertiary/aromatic N) is 1. The largest absolute Gasteiger partial charge is 0.219 e. The number of halogens is 2. The third kappa shape index (κ3) is 4.08. The van der Waals surface area contributed by atoms with Crippen molar-refractivity contribution in [2.75, 3.05) is 0 Å². The second-order valence-electron chi connectivity index (χ2n) is 3.33. The Balaban J connectivity index is 1.97. The van der Waals surface area contributed by atoms with Gasteiger partial charge in [0.2, 0.25) is 0 Å². The number of hydrogen-bond donors (Lipinski definition) is 0. The molecule has 0 spiro atoms. The van der Waals surface area contributed by atoms with E-state index in [1.807, 2.05) is 48.5 Å². The molecule has 0 bridgehead atoms. The summed E-state index contributed by atoms with van der Waals surface area (Å²) in [5.74, 6) is 0. The first-order valence-electron chi connectivity index (χ1n) is 4.95. The maximum Gasteiger partial charge on any atom is 0.0428 e. The van der Waals surface area contributed by atoms with E-state index >= 15 is 0 Å². The molecule has 2 aromatic carbocycles. The highest BCUT2D eigenvalue weighted by Gasteiger charge is 1.92. The van der Waals surface area contributed by atoms with Gasteiger partial charge >= 0.3 is 0 Å². The molecule has 0 radical (unpaired) electrons. The van der Waals surface area contributed by atoms with E-state index in [0.29, 0.717) is 0 Å². The summed E-state index contributed by atoms with van der Waals surface area (Å²) in [4.78, 5) is 1.06. The van der Waals surface area contributed by atoms with Gasteiger partial charge < -0.3 is 0 Å². The van der Waals surface area contributed by atoms with Gasteiger partial charge in [0.1, 0.15) is 0 Å². The van der Waals surface area contributed by atoms with Gasteiger partial charge in [0, 0.05) is 33.1 Å². The lowest BCUT2D eigenvalue weighted by Gasteiger charge is -1.95. The van der Waals surface area contributed by atoms with Crippen LogP contribution in [0.4, 0.5) is 0 Å². The van der Waals surface area contributed by atoms with Crippen LogP contribution >= 0.6 is 35.1 Å². The highest BCUT2D eigenvalue weighted by molar-refractivity contribution is 7.98. The molecule has 0 unspecified atom stereocenters. The standard InChI is InChI=1S/C13H9Cl2NS/c14-11-3-1-10(2-4-11)9-16-17-13-7-5-12(15)6-8-13/h1-9H/b16-9+. The first-order valence-corrected chi connectivity index (χ1v) is 6.48. The van der Waals surface area contributed by atoms with Crippen molar-refractivity contribution in [3.63, 3.8) is 0 Å². The third-order valence-electron chi connectivity index (χ3n) is 2.04. The fourth-order valence-corrected chi connectivity index (χ4v) is 2.00. The molecule has 1 nitrogen and oxygen atoms in total. The van der Waals surface area contributed by atoms with Crippen molar-refractivity contribution in [3.8, 4) is 0 Å². The summed E-state index contributed by atoms with van der Waals surface area (Å²) >= 11 is 13.0. The van der Waals surface area contributed by atoms with Crippen LogP contribution in [0.5, 0.6) is 0 Å². The fraction of sp³-hybridized carbons (Fsp3) is 0. The predicted octanol–water partition coefficient (Wildman–Crippen LogP) is 5.12. The fourth-order valence-electron chi connectivity index (χ4n) is 1.19. The van der Waals surface area contributed by atoms with E-state index in [0.717, 1.165) is 20.5 Å². The minimum absolute atomic E-state index is 0.729. The van der Waals surface area contributed by atoms with Crippen molar-refractivity contribution >= 4 is 41.4 Å². The lowest BCUT2D eigenvalue weighted by molar-refractivity contribution is 1.46. The Bertz CT molecular complexity index is 506. The molecule has 0 aliphatic carbocycles. The van der Waals surface area contributed by atoms with E-state index in [2.05, 4.69) is 4.40 Å². The first-order chi connectivity index (χ1) is 8.24. The van der Waals surface area contributed by atoms with Crippen molar-refractivity contribution < 1.29 is 0 Å². The van der Waals surface area contributed by atoms with Crippen molar-refractivity contribution in [1.82, 2.24) is 0 Å². The van der Waals surface area contributed by atoms with Gasteiger partial charge in [-0.3, -0.25) is 0 Å². The van der Waals surface area contributed by atoms with Crippen LogP contribution in [0.1, 0.15) is 5.56 Å². The highest BCUT2D eigenvalue weighted by Crippen LogP contribution is 2.21. The van der Waals surface area contributed by atoms with Crippen molar-refractivity contribution in [3.05, 3.63) is 64.1 Å². The van der Waals surface area contributed by atoms with Gasteiger partial charge in [-0.2, -0.15) is 0 Å². The van der Waals surface area contributed by atoms with Crippen LogP contribution in [0.3, 0.4) is 0 Å². The molecule has 0 saturated carbocycles. The summed E-state index contributed by atoms with van der Waals surface area (Å²) in [6.45, 7) is 0. The molecule has 2 rings (SSSR count). The number of benzene rings is 2. The zero-order chi connectivity index (χ0) is 12.1. The van der Waals surface area contributed by atoms with E-state index in [1.165, 1.54) is 11.9 Å². The average Bonchev–Trinajstić information content (AvgIpc) is 2.34. The Hall–Kier alpha value is -0.960. The molecular weight excluding hydrogens is 273 g/mol. The summed E-state index contributed by atoms with van der Waals surface area (Å²) in [5, 5.41) is 1.46. The van der Waals surface area contributed by atoms with Gasteiger partial charge in [-0.25, -0.2) is 4.40 Å². The molecule has 0 aromatic heterocycles. The zero-order valence-corrected chi connectivity index (χ0v) is 11.1. The second-order valence-corrected chi connectivity index (χ2v) is 5.07. The number of hydrogen-bond acceptors (Lipinski definition) is 2. The second kappa shape index (κ2) is 6.10. The van der Waals surface area contributed by atoms with E-state index in [1.54, 1.807) is 6.21 Å². The number of rotatable bonds is 3. The Morgan fingerprint density at radius 1 is 0.824 bits per heavy atom. The third-order valence-corrected chi connectivity index (χ3v) is 3.24. The molecule has 0 aliphatic heterocycles. The molecule has 0 N–H and O–H groups in total. The van der Waals surface area contributed by atoms with E-state index < -0.39 is 0 Å². The Morgan fingerprint density at radius 2 is 1.35 bits per heavy atom. The van der Waals surface area contributed by atoms with Crippen molar-refractivity contribution in [2.45, 2.75) is 4.90 Å². The highest BCUT2D eigenvalue weighted by atomic mass is 35.5. The van der Waals surface area contributed by atoms with Crippen molar-refractivity contribution in [2.24, 2.45) is 4.40 Å². The van der Waals surface area contributed by atoms with Gasteiger partial charge in [0.15, 0.2) is 0 Å². The van der Waals surface area contributed by atoms with E-state index in [4.69, 9.17) is 23.2 Å². The van der Waals surface area contributed by atoms with Crippen LogP contribution in [0.25, 0.3) is 0 Å². The molecule has 0 fully saturated rings. The van der Waals surface area contributed by atoms with Gasteiger partial charge in [0.05, 0.1) is 0 Å². The molecule has 4 heteroatoms. The topological polar surface area (TPSA) is 12.4 Å². The lowest BCUT2D eigenvalue weighted by atomic mass is 10.2. The lowest BCUT2D eigenvalue weighted by Crippen LogP contribution is -1.78. The van der Waals surface area contributed by atoms with Crippen LogP contribution in [-0.2, 0) is 0 Å². The molecule has 17 heavy (non-hydrogen) atoms. The normalized spacial score (nSPS) is 10.9. The first kappa shape index (κ1) is 12.5. The SMILES string of the molecule is Clc1ccc(/C=N/Sc2ccc(Cl)cc2)cc1. The maximum atomic E-state index is 5.80. The van der Waals surface area contributed by atoms with Crippen LogP contribution < -0.4 is 0 Å². The average molecular weight is 282 g/mol. The van der Waals surface area contributed by atoms with Crippen LogP contribution in [0.2, 0.25) is 10.0 Å². The summed E-state index contributed by atoms with van der Waals surface area (Å²) in [5.41, 5.74) is 1.02. The molecule has 86 valence electrons. The van der Waals surface area contributed by atoms with Gasteiger partial charge in [-0.05, 0) is 42.0 Å². The molecule has 0 heterocycles. The Labute approximate surface area is 115 Å². The minimum atomic E-state index is 0.729. The molecule has 0 atom stereocenters. The van der Waals surface area contributed by atoms with Crippen LogP contribution in [-0.4, -0.2) is 6.21 Å². The quantitative estimate of drug-likeness (QED) is 0.562. The van der Waals surface area contributed by atoms with Gasteiger partial charge in [-0.1, -0.05) is 35.3 Å². The van der Waals surface area contributed by atoms with E-state index in [9.17, 15) is 0 Å². The Morgan fingerprint density at radius 3 is 1.94 bits per heavy atom. The summed E-state index contributed by atoms with van der Waals surface area (Å²) in [7, 11) is 0. The van der Waals surface area contributed by atoms with Crippen LogP contribution in [0, 0.1) is 0 Å². The zero-order valence-electron chi connectivity index (χ0n) is 8.81.